The van der Waals surface area contributed by atoms with E-state index >= 15 is 0 Å². The Morgan fingerprint density at radius 1 is 1.32 bits per heavy atom. The van der Waals surface area contributed by atoms with Gasteiger partial charge in [0.05, 0.1) is 6.54 Å². The van der Waals surface area contributed by atoms with Gasteiger partial charge in [-0.25, -0.2) is 0 Å². The zero-order valence-corrected chi connectivity index (χ0v) is 12.5. The Morgan fingerprint density at radius 3 is 3.09 bits per heavy atom. The molecule has 1 aliphatic heterocycles. The normalized spacial score (nSPS) is 18.1. The number of carbonyl (C=O) groups is 1. The average Bonchev–Trinajstić information content (AvgIpc) is 2.59. The second-order valence-electron chi connectivity index (χ2n) is 5.33. The minimum absolute atomic E-state index is 0.0423. The maximum atomic E-state index is 11.9. The summed E-state index contributed by atoms with van der Waals surface area (Å²) in [4.78, 5) is 16.3. The monoisotopic (exact) mass is 300 g/mol. The van der Waals surface area contributed by atoms with Gasteiger partial charge in [-0.3, -0.25) is 9.78 Å². The molecule has 1 atom stereocenters. The predicted molar refractivity (Wildman–Crippen MR) is 83.8 cm³/mol. The van der Waals surface area contributed by atoms with Crippen molar-refractivity contribution in [2.24, 2.45) is 0 Å². The van der Waals surface area contributed by atoms with Gasteiger partial charge in [0.1, 0.15) is 24.0 Å². The van der Waals surface area contributed by atoms with Crippen LogP contribution in [-0.2, 0) is 9.53 Å². The molecule has 116 valence electrons. The second-order valence-corrected chi connectivity index (χ2v) is 5.33. The summed E-state index contributed by atoms with van der Waals surface area (Å²) in [6.07, 6.45) is 4.35. The average molecular weight is 300 g/mol. The first-order valence-electron chi connectivity index (χ1n) is 7.70. The fourth-order valence-corrected chi connectivity index (χ4v) is 2.59. The van der Waals surface area contributed by atoms with Gasteiger partial charge in [0, 0.05) is 18.2 Å². The summed E-state index contributed by atoms with van der Waals surface area (Å²) >= 11 is 0. The van der Waals surface area contributed by atoms with Crippen LogP contribution in [0.3, 0.4) is 0 Å². The maximum Gasteiger partial charge on any atom is 0.249 e. The molecule has 1 fully saturated rings. The largest absolute Gasteiger partial charge is 0.489 e. The molecule has 3 rings (SSSR count). The fourth-order valence-electron chi connectivity index (χ4n) is 2.59. The quantitative estimate of drug-likeness (QED) is 0.861. The summed E-state index contributed by atoms with van der Waals surface area (Å²) in [6.45, 7) is 1.55. The van der Waals surface area contributed by atoms with Crippen molar-refractivity contribution in [3.05, 3.63) is 36.5 Å². The van der Waals surface area contributed by atoms with Gasteiger partial charge in [-0.05, 0) is 31.4 Å². The van der Waals surface area contributed by atoms with Crippen LogP contribution in [0.1, 0.15) is 19.3 Å². The number of nitrogens with one attached hydrogen (secondary N) is 1. The van der Waals surface area contributed by atoms with E-state index in [2.05, 4.69) is 10.3 Å². The number of carbonyl (C=O) groups excluding carboxylic acids is 1. The number of rotatable bonds is 5. The highest BCUT2D eigenvalue weighted by molar-refractivity contribution is 5.84. The number of hydrogen-bond donors (Lipinski definition) is 1. The first-order valence-corrected chi connectivity index (χ1v) is 7.70. The van der Waals surface area contributed by atoms with E-state index in [-0.39, 0.29) is 12.0 Å². The minimum Gasteiger partial charge on any atom is -0.489 e. The molecule has 5 nitrogen and oxygen atoms in total. The first kappa shape index (κ1) is 14.8. The van der Waals surface area contributed by atoms with Crippen molar-refractivity contribution in [3.63, 3.8) is 0 Å². The van der Waals surface area contributed by atoms with Crippen LogP contribution in [0.4, 0.5) is 0 Å². The van der Waals surface area contributed by atoms with Crippen LogP contribution in [0.5, 0.6) is 5.75 Å². The van der Waals surface area contributed by atoms with E-state index in [4.69, 9.17) is 9.47 Å². The van der Waals surface area contributed by atoms with Crippen LogP contribution >= 0.6 is 0 Å². The van der Waals surface area contributed by atoms with E-state index < -0.39 is 0 Å². The van der Waals surface area contributed by atoms with Gasteiger partial charge in [0.2, 0.25) is 5.91 Å². The van der Waals surface area contributed by atoms with Crippen molar-refractivity contribution < 1.29 is 14.3 Å². The summed E-state index contributed by atoms with van der Waals surface area (Å²) in [5, 5.41) is 3.90. The van der Waals surface area contributed by atoms with Crippen LogP contribution in [0, 0.1) is 0 Å². The number of ether oxygens (including phenoxy) is 2. The van der Waals surface area contributed by atoms with Crippen LogP contribution < -0.4 is 10.1 Å². The zero-order chi connectivity index (χ0) is 15.2. The standard InChI is InChI=1S/C17H20N2O3/c20-17(15-7-1-2-11-21-15)19-10-12-22-14-8-3-5-13-6-4-9-18-16(13)14/h3-6,8-9,15H,1-2,7,10-12H2,(H,19,20). The Morgan fingerprint density at radius 2 is 2.23 bits per heavy atom. The Balaban J connectivity index is 1.49. The van der Waals surface area contributed by atoms with E-state index in [1.165, 1.54) is 0 Å². The summed E-state index contributed by atoms with van der Waals surface area (Å²) in [5.74, 6) is 0.695. The lowest BCUT2D eigenvalue weighted by Gasteiger charge is -2.21. The van der Waals surface area contributed by atoms with E-state index in [9.17, 15) is 4.79 Å². The number of para-hydroxylation sites is 1. The summed E-state index contributed by atoms with van der Waals surface area (Å²) in [6, 6.07) is 9.72. The first-order chi connectivity index (χ1) is 10.8. The molecule has 1 aromatic heterocycles. The molecular weight excluding hydrogens is 280 g/mol. The van der Waals surface area contributed by atoms with E-state index in [1.807, 2.05) is 30.3 Å². The van der Waals surface area contributed by atoms with Gasteiger partial charge in [0.25, 0.3) is 0 Å². The van der Waals surface area contributed by atoms with Gasteiger partial charge in [-0.15, -0.1) is 0 Å². The van der Waals surface area contributed by atoms with Gasteiger partial charge in [0.15, 0.2) is 0 Å². The number of benzene rings is 1. The molecule has 1 aliphatic rings. The molecule has 22 heavy (non-hydrogen) atoms. The molecule has 2 heterocycles. The van der Waals surface area contributed by atoms with Gasteiger partial charge in [-0.1, -0.05) is 18.2 Å². The van der Waals surface area contributed by atoms with Crippen LogP contribution in [0.2, 0.25) is 0 Å². The van der Waals surface area contributed by atoms with Crippen molar-refractivity contribution in [3.8, 4) is 5.75 Å². The number of amides is 1. The van der Waals surface area contributed by atoms with Crippen molar-refractivity contribution in [1.29, 1.82) is 0 Å². The van der Waals surface area contributed by atoms with Crippen molar-refractivity contribution in [1.82, 2.24) is 10.3 Å². The van der Waals surface area contributed by atoms with E-state index in [0.717, 1.165) is 35.9 Å². The maximum absolute atomic E-state index is 11.9. The Kier molecular flexibility index (Phi) is 4.85. The smallest absolute Gasteiger partial charge is 0.249 e. The summed E-state index contributed by atoms with van der Waals surface area (Å²) in [5.41, 5.74) is 0.840. The van der Waals surface area contributed by atoms with Gasteiger partial charge < -0.3 is 14.8 Å². The molecule has 0 radical (unpaired) electrons. The molecule has 0 saturated carbocycles. The minimum atomic E-state index is -0.298. The zero-order valence-electron chi connectivity index (χ0n) is 12.5. The van der Waals surface area contributed by atoms with Crippen molar-refractivity contribution in [2.45, 2.75) is 25.4 Å². The lowest BCUT2D eigenvalue weighted by molar-refractivity contribution is -0.135. The molecule has 1 amide bonds. The summed E-state index contributed by atoms with van der Waals surface area (Å²) in [7, 11) is 0. The van der Waals surface area contributed by atoms with Crippen LogP contribution in [0.25, 0.3) is 10.9 Å². The lowest BCUT2D eigenvalue weighted by atomic mass is 10.1. The molecule has 0 spiro atoms. The SMILES string of the molecule is O=C(NCCOc1cccc2cccnc12)C1CCCCO1. The Hall–Kier alpha value is -2.14. The van der Waals surface area contributed by atoms with Crippen LogP contribution in [0.15, 0.2) is 36.5 Å². The van der Waals surface area contributed by atoms with E-state index in [0.29, 0.717) is 19.8 Å². The third kappa shape index (κ3) is 3.54. The number of pyridine rings is 1. The molecule has 0 aliphatic carbocycles. The number of fused-ring (bicyclic) bond motifs is 1. The fraction of sp³-hybridized carbons (Fsp3) is 0.412. The number of aromatic nitrogens is 1. The molecule has 1 aromatic carbocycles. The highest BCUT2D eigenvalue weighted by Gasteiger charge is 2.21. The molecule has 2 aromatic rings. The summed E-state index contributed by atoms with van der Waals surface area (Å²) < 4.78 is 11.2. The number of nitrogens with zero attached hydrogens (tertiary/aromatic N) is 1. The Bertz CT molecular complexity index is 633. The molecule has 1 saturated heterocycles. The highest BCUT2D eigenvalue weighted by atomic mass is 16.5. The van der Waals surface area contributed by atoms with E-state index in [1.54, 1.807) is 6.20 Å². The van der Waals surface area contributed by atoms with Crippen molar-refractivity contribution in [2.75, 3.05) is 19.8 Å². The van der Waals surface area contributed by atoms with Gasteiger partial charge in [-0.2, -0.15) is 0 Å². The topological polar surface area (TPSA) is 60.5 Å². The molecule has 1 unspecified atom stereocenters. The molecular formula is C17H20N2O3. The molecule has 5 heteroatoms. The molecule has 0 bridgehead atoms. The van der Waals surface area contributed by atoms with Crippen LogP contribution in [-0.4, -0.2) is 36.8 Å². The third-order valence-corrected chi connectivity index (χ3v) is 3.73. The highest BCUT2D eigenvalue weighted by Crippen LogP contribution is 2.22. The predicted octanol–water partition coefficient (Wildman–Crippen LogP) is 2.30. The number of hydrogen-bond acceptors (Lipinski definition) is 4. The van der Waals surface area contributed by atoms with Crippen molar-refractivity contribution >= 4 is 16.8 Å². The second kappa shape index (κ2) is 7.22. The lowest BCUT2D eigenvalue weighted by Crippen LogP contribution is -2.40. The Labute approximate surface area is 129 Å². The van der Waals surface area contributed by atoms with Gasteiger partial charge >= 0.3 is 0 Å². The third-order valence-electron chi connectivity index (χ3n) is 3.73. The molecule has 1 N–H and O–H groups in total.